The van der Waals surface area contributed by atoms with Gasteiger partial charge < -0.3 is 15.2 Å². The van der Waals surface area contributed by atoms with Crippen LogP contribution in [-0.2, 0) is 16.0 Å². The number of benzene rings is 1. The molecule has 0 radical (unpaired) electrons. The molecule has 0 unspecified atom stereocenters. The number of carbonyl (C=O) groups excluding carboxylic acids is 1. The van der Waals surface area contributed by atoms with E-state index in [-0.39, 0.29) is 11.9 Å². The fourth-order valence-electron chi connectivity index (χ4n) is 3.94. The minimum atomic E-state index is -0.806. The van der Waals surface area contributed by atoms with E-state index in [1.165, 1.54) is 12.8 Å². The molecular weight excluding hydrogens is 318 g/mol. The third kappa shape index (κ3) is 4.97. The summed E-state index contributed by atoms with van der Waals surface area (Å²) in [5.41, 5.74) is 1.08. The average molecular weight is 345 g/mol. The smallest absolute Gasteiger partial charge is 0.308 e. The van der Waals surface area contributed by atoms with Crippen LogP contribution in [0.4, 0.5) is 0 Å². The topological polar surface area (TPSA) is 75.6 Å². The predicted octanol–water partition coefficient (Wildman–Crippen LogP) is 3.31. The number of carboxylic acids is 1. The van der Waals surface area contributed by atoms with Crippen molar-refractivity contribution >= 4 is 11.9 Å². The van der Waals surface area contributed by atoms with Crippen molar-refractivity contribution in [3.63, 3.8) is 0 Å². The molecule has 1 aromatic rings. The van der Waals surface area contributed by atoms with Gasteiger partial charge in [0.2, 0.25) is 5.91 Å². The van der Waals surface area contributed by atoms with Gasteiger partial charge in [-0.15, -0.1) is 0 Å². The molecule has 2 fully saturated rings. The third-order valence-corrected chi connectivity index (χ3v) is 5.32. The van der Waals surface area contributed by atoms with E-state index in [0.717, 1.165) is 37.0 Å². The highest BCUT2D eigenvalue weighted by molar-refractivity contribution is 5.78. The molecule has 0 aliphatic heterocycles. The van der Waals surface area contributed by atoms with Crippen LogP contribution in [0, 0.1) is 5.92 Å². The Bertz CT molecular complexity index is 609. The Balaban J connectivity index is 1.47. The standard InChI is InChI=1S/C20H27NO4/c22-19(21-18-10-4-9-17(18)20(23)24)12-11-14-5-3-8-16(13-14)25-15-6-1-2-7-15/h3,5,8,13,15,17-18H,1-2,4,6-7,9-12H2,(H,21,22)(H,23,24)/t17-,18+/m1/s1. The van der Waals surface area contributed by atoms with E-state index in [4.69, 9.17) is 4.74 Å². The number of carbonyl (C=O) groups is 2. The lowest BCUT2D eigenvalue weighted by Gasteiger charge is -2.17. The van der Waals surface area contributed by atoms with Gasteiger partial charge in [0, 0.05) is 12.5 Å². The van der Waals surface area contributed by atoms with Gasteiger partial charge in [0.25, 0.3) is 0 Å². The van der Waals surface area contributed by atoms with Crippen molar-refractivity contribution in [1.82, 2.24) is 5.32 Å². The van der Waals surface area contributed by atoms with Gasteiger partial charge in [0.15, 0.2) is 0 Å². The summed E-state index contributed by atoms with van der Waals surface area (Å²) in [5.74, 6) is -0.432. The molecular formula is C20H27NO4. The Hall–Kier alpha value is -2.04. The molecule has 0 spiro atoms. The van der Waals surface area contributed by atoms with Crippen molar-refractivity contribution in [3.8, 4) is 5.75 Å². The van der Waals surface area contributed by atoms with E-state index in [2.05, 4.69) is 5.32 Å². The lowest BCUT2D eigenvalue weighted by Crippen LogP contribution is -2.40. The first-order chi connectivity index (χ1) is 12.1. The van der Waals surface area contributed by atoms with Crippen LogP contribution in [0.3, 0.4) is 0 Å². The van der Waals surface area contributed by atoms with Gasteiger partial charge in [-0.25, -0.2) is 0 Å². The SMILES string of the molecule is O=C(CCc1cccc(OC2CCCC2)c1)N[C@H]1CCC[C@H]1C(=O)O. The second kappa shape index (κ2) is 8.37. The van der Waals surface area contributed by atoms with Crippen LogP contribution in [0.1, 0.15) is 56.9 Å². The van der Waals surface area contributed by atoms with E-state index in [9.17, 15) is 14.7 Å². The molecule has 3 rings (SSSR count). The second-order valence-corrected chi connectivity index (χ2v) is 7.22. The fraction of sp³-hybridized carbons (Fsp3) is 0.600. The van der Waals surface area contributed by atoms with Gasteiger partial charge in [0.1, 0.15) is 5.75 Å². The zero-order chi connectivity index (χ0) is 17.6. The lowest BCUT2D eigenvalue weighted by molar-refractivity contribution is -0.142. The summed E-state index contributed by atoms with van der Waals surface area (Å²) in [4.78, 5) is 23.4. The summed E-state index contributed by atoms with van der Waals surface area (Å²) in [7, 11) is 0. The van der Waals surface area contributed by atoms with Gasteiger partial charge in [-0.05, 0) is 62.6 Å². The van der Waals surface area contributed by atoms with Crippen molar-refractivity contribution in [2.75, 3.05) is 0 Å². The van der Waals surface area contributed by atoms with Crippen LogP contribution >= 0.6 is 0 Å². The van der Waals surface area contributed by atoms with Crippen molar-refractivity contribution in [3.05, 3.63) is 29.8 Å². The van der Waals surface area contributed by atoms with E-state index in [0.29, 0.717) is 25.4 Å². The minimum absolute atomic E-state index is 0.0692. The average Bonchev–Trinajstić information content (AvgIpc) is 3.25. The zero-order valence-electron chi connectivity index (χ0n) is 14.6. The number of hydrogen-bond donors (Lipinski definition) is 2. The van der Waals surface area contributed by atoms with Gasteiger partial charge >= 0.3 is 5.97 Å². The Labute approximate surface area is 148 Å². The Morgan fingerprint density at radius 2 is 1.92 bits per heavy atom. The Kier molecular flexibility index (Phi) is 5.95. The number of amides is 1. The summed E-state index contributed by atoms with van der Waals surface area (Å²) < 4.78 is 6.00. The maximum Gasteiger partial charge on any atom is 0.308 e. The van der Waals surface area contributed by atoms with Crippen molar-refractivity contribution in [2.45, 2.75) is 69.9 Å². The molecule has 2 N–H and O–H groups in total. The number of aliphatic carboxylic acids is 1. The monoisotopic (exact) mass is 345 g/mol. The van der Waals surface area contributed by atoms with Gasteiger partial charge in [-0.1, -0.05) is 18.6 Å². The zero-order valence-corrected chi connectivity index (χ0v) is 14.6. The molecule has 0 bridgehead atoms. The van der Waals surface area contributed by atoms with Gasteiger partial charge in [0.05, 0.1) is 12.0 Å². The molecule has 2 aliphatic carbocycles. The molecule has 0 aromatic heterocycles. The normalized spacial score (nSPS) is 23.5. The lowest BCUT2D eigenvalue weighted by atomic mass is 10.0. The van der Waals surface area contributed by atoms with Crippen LogP contribution in [0.5, 0.6) is 5.75 Å². The number of hydrogen-bond acceptors (Lipinski definition) is 3. The molecule has 2 saturated carbocycles. The molecule has 1 aromatic carbocycles. The fourth-order valence-corrected chi connectivity index (χ4v) is 3.94. The predicted molar refractivity (Wildman–Crippen MR) is 94.6 cm³/mol. The van der Waals surface area contributed by atoms with Crippen molar-refractivity contribution in [2.24, 2.45) is 5.92 Å². The maximum absolute atomic E-state index is 12.2. The summed E-state index contributed by atoms with van der Waals surface area (Å²) in [6, 6.07) is 7.74. The largest absolute Gasteiger partial charge is 0.490 e. The van der Waals surface area contributed by atoms with Gasteiger partial charge in [-0.2, -0.15) is 0 Å². The number of aryl methyl sites for hydroxylation is 1. The van der Waals surface area contributed by atoms with Crippen LogP contribution in [-0.4, -0.2) is 29.1 Å². The van der Waals surface area contributed by atoms with Crippen LogP contribution in [0.25, 0.3) is 0 Å². The third-order valence-electron chi connectivity index (χ3n) is 5.32. The highest BCUT2D eigenvalue weighted by Crippen LogP contribution is 2.26. The quantitative estimate of drug-likeness (QED) is 0.795. The molecule has 5 nitrogen and oxygen atoms in total. The van der Waals surface area contributed by atoms with E-state index in [1.54, 1.807) is 0 Å². The van der Waals surface area contributed by atoms with Gasteiger partial charge in [-0.3, -0.25) is 9.59 Å². The van der Waals surface area contributed by atoms with Crippen molar-refractivity contribution < 1.29 is 19.4 Å². The second-order valence-electron chi connectivity index (χ2n) is 7.22. The first-order valence-corrected chi connectivity index (χ1v) is 9.39. The summed E-state index contributed by atoms with van der Waals surface area (Å²) in [6.45, 7) is 0. The molecule has 5 heteroatoms. The highest BCUT2D eigenvalue weighted by Gasteiger charge is 2.33. The van der Waals surface area contributed by atoms with Crippen LogP contribution in [0.15, 0.2) is 24.3 Å². The summed E-state index contributed by atoms with van der Waals surface area (Å²) in [5, 5.41) is 12.1. The molecule has 1 amide bonds. The molecule has 0 heterocycles. The Morgan fingerprint density at radius 3 is 2.68 bits per heavy atom. The van der Waals surface area contributed by atoms with Crippen LogP contribution in [0.2, 0.25) is 0 Å². The van der Waals surface area contributed by atoms with E-state index >= 15 is 0 Å². The molecule has 25 heavy (non-hydrogen) atoms. The number of rotatable bonds is 7. The van der Waals surface area contributed by atoms with E-state index in [1.807, 2.05) is 24.3 Å². The number of carboxylic acid groups (broad SMARTS) is 1. The maximum atomic E-state index is 12.2. The first kappa shape index (κ1) is 17.8. The number of nitrogens with one attached hydrogen (secondary N) is 1. The Morgan fingerprint density at radius 1 is 1.12 bits per heavy atom. The summed E-state index contributed by atoms with van der Waals surface area (Å²) >= 11 is 0. The highest BCUT2D eigenvalue weighted by atomic mass is 16.5. The molecule has 136 valence electrons. The first-order valence-electron chi connectivity index (χ1n) is 9.39. The van der Waals surface area contributed by atoms with E-state index < -0.39 is 11.9 Å². The van der Waals surface area contributed by atoms with Crippen molar-refractivity contribution in [1.29, 1.82) is 0 Å². The minimum Gasteiger partial charge on any atom is -0.490 e. The van der Waals surface area contributed by atoms with Crippen LogP contribution < -0.4 is 10.1 Å². The number of ether oxygens (including phenoxy) is 1. The molecule has 2 aliphatic rings. The summed E-state index contributed by atoms with van der Waals surface area (Å²) in [6.07, 6.45) is 8.34. The molecule has 2 atom stereocenters. The molecule has 0 saturated heterocycles.